The number of rotatable bonds is 4. The first kappa shape index (κ1) is 19.6. The molecule has 0 aliphatic carbocycles. The normalized spacial score (nSPS) is 15.5. The molecule has 0 atom stereocenters. The van der Waals surface area contributed by atoms with Crippen molar-refractivity contribution >= 4 is 51.7 Å². The molecule has 1 N–H and O–H groups in total. The molecule has 0 aromatic heterocycles. The van der Waals surface area contributed by atoms with Gasteiger partial charge in [-0.15, -0.1) is 0 Å². The maximum absolute atomic E-state index is 13.3. The number of nitrogens with zero attached hydrogens (tertiary/aromatic N) is 1. The van der Waals surface area contributed by atoms with Crippen LogP contribution in [0.3, 0.4) is 0 Å². The zero-order valence-corrected chi connectivity index (χ0v) is 17.2. The van der Waals surface area contributed by atoms with Crippen molar-refractivity contribution < 1.29 is 19.1 Å². The van der Waals surface area contributed by atoms with Gasteiger partial charge in [0.15, 0.2) is 16.6 Å². The lowest BCUT2D eigenvalue weighted by atomic mass is 10.0. The predicted molar refractivity (Wildman–Crippen MR) is 120 cm³/mol. The highest BCUT2D eigenvalue weighted by Crippen LogP contribution is 2.31. The molecule has 0 bridgehead atoms. The van der Waals surface area contributed by atoms with Gasteiger partial charge in [0.2, 0.25) is 0 Å². The van der Waals surface area contributed by atoms with Crippen LogP contribution in [0.4, 0.5) is 5.69 Å². The van der Waals surface area contributed by atoms with Crippen molar-refractivity contribution in [1.29, 1.82) is 0 Å². The van der Waals surface area contributed by atoms with Gasteiger partial charge in [-0.1, -0.05) is 42.5 Å². The molecule has 1 aliphatic heterocycles. The molecule has 1 aliphatic rings. The second-order valence-corrected chi connectivity index (χ2v) is 6.96. The second-order valence-electron chi connectivity index (χ2n) is 6.57. The Balaban J connectivity index is 1.79. The molecule has 0 saturated carbocycles. The third kappa shape index (κ3) is 3.40. The van der Waals surface area contributed by atoms with Crippen molar-refractivity contribution in [2.45, 2.75) is 0 Å². The van der Waals surface area contributed by atoms with E-state index in [4.69, 9.17) is 21.7 Å². The highest BCUT2D eigenvalue weighted by molar-refractivity contribution is 7.80. The molecule has 30 heavy (non-hydrogen) atoms. The van der Waals surface area contributed by atoms with Crippen molar-refractivity contribution in [3.05, 3.63) is 71.8 Å². The zero-order valence-electron chi connectivity index (χ0n) is 16.3. The van der Waals surface area contributed by atoms with Crippen molar-refractivity contribution in [3.8, 4) is 11.5 Å². The lowest BCUT2D eigenvalue weighted by Crippen LogP contribution is -2.54. The number of hydrogen-bond acceptors (Lipinski definition) is 5. The molecule has 3 aromatic rings. The topological polar surface area (TPSA) is 67.9 Å². The van der Waals surface area contributed by atoms with E-state index in [0.717, 1.165) is 10.8 Å². The van der Waals surface area contributed by atoms with Crippen LogP contribution in [0.2, 0.25) is 0 Å². The Bertz CT molecular complexity index is 1210. The summed E-state index contributed by atoms with van der Waals surface area (Å²) in [6.45, 7) is 0. The van der Waals surface area contributed by atoms with Gasteiger partial charge in [-0.2, -0.15) is 0 Å². The molecule has 7 heteroatoms. The first-order valence-corrected chi connectivity index (χ1v) is 9.55. The minimum absolute atomic E-state index is 0.0243. The van der Waals surface area contributed by atoms with Crippen LogP contribution in [0.1, 0.15) is 5.56 Å². The van der Waals surface area contributed by atoms with Crippen molar-refractivity contribution in [3.63, 3.8) is 0 Å². The fraction of sp³-hybridized carbons (Fsp3) is 0.0870. The Hall–Kier alpha value is -3.71. The van der Waals surface area contributed by atoms with Crippen LogP contribution >= 0.6 is 12.2 Å². The van der Waals surface area contributed by atoms with Crippen molar-refractivity contribution in [1.82, 2.24) is 5.32 Å². The number of thiocarbonyl (C=S) groups is 1. The molecule has 0 spiro atoms. The van der Waals surface area contributed by atoms with Gasteiger partial charge in [-0.05, 0) is 47.4 Å². The van der Waals surface area contributed by atoms with E-state index in [2.05, 4.69) is 5.32 Å². The summed E-state index contributed by atoms with van der Waals surface area (Å²) in [7, 11) is 3.06. The number of amides is 2. The van der Waals surface area contributed by atoms with E-state index in [-0.39, 0.29) is 10.7 Å². The van der Waals surface area contributed by atoms with E-state index in [1.165, 1.54) is 25.2 Å². The first-order chi connectivity index (χ1) is 14.5. The third-order valence-corrected chi connectivity index (χ3v) is 5.11. The van der Waals surface area contributed by atoms with Crippen LogP contribution < -0.4 is 19.7 Å². The maximum atomic E-state index is 13.3. The summed E-state index contributed by atoms with van der Waals surface area (Å²) in [5.74, 6) is 0.0146. The minimum atomic E-state index is -0.545. The summed E-state index contributed by atoms with van der Waals surface area (Å²) in [5, 5.41) is 4.49. The quantitative estimate of drug-likeness (QED) is 0.398. The molecule has 1 fully saturated rings. The first-order valence-electron chi connectivity index (χ1n) is 9.14. The zero-order chi connectivity index (χ0) is 21.3. The lowest BCUT2D eigenvalue weighted by Gasteiger charge is -2.29. The van der Waals surface area contributed by atoms with Gasteiger partial charge in [0, 0.05) is 5.39 Å². The van der Waals surface area contributed by atoms with E-state index in [0.29, 0.717) is 22.7 Å². The summed E-state index contributed by atoms with van der Waals surface area (Å²) in [6.07, 6.45) is 1.51. The van der Waals surface area contributed by atoms with Crippen LogP contribution in [-0.4, -0.2) is 31.1 Å². The Morgan fingerprint density at radius 2 is 1.67 bits per heavy atom. The summed E-state index contributed by atoms with van der Waals surface area (Å²) < 4.78 is 10.5. The number of anilines is 1. The highest BCUT2D eigenvalue weighted by Gasteiger charge is 2.35. The molecule has 2 amide bonds. The number of benzene rings is 3. The molecule has 1 saturated heterocycles. The van der Waals surface area contributed by atoms with Gasteiger partial charge in [0.05, 0.1) is 19.9 Å². The Morgan fingerprint density at radius 3 is 2.43 bits per heavy atom. The third-order valence-electron chi connectivity index (χ3n) is 4.83. The van der Waals surface area contributed by atoms with Crippen LogP contribution in [0.25, 0.3) is 16.8 Å². The van der Waals surface area contributed by atoms with Crippen LogP contribution in [0.5, 0.6) is 11.5 Å². The Labute approximate surface area is 178 Å². The monoisotopic (exact) mass is 418 g/mol. The Morgan fingerprint density at radius 1 is 0.933 bits per heavy atom. The number of carbonyl (C=O) groups excluding carboxylic acids is 2. The standard InChI is InChI=1S/C23H18N2O4S/c1-28-19-11-10-14(13-20(19)29-2)12-17-21(26)24-23(30)25(22(17)27)18-9-5-7-15-6-3-4-8-16(15)18/h3-13H,1-2H3,(H,24,26,30)/b17-12-. The van der Waals surface area contributed by atoms with Gasteiger partial charge in [-0.3, -0.25) is 19.8 Å². The summed E-state index contributed by atoms with van der Waals surface area (Å²) in [4.78, 5) is 27.2. The molecule has 0 radical (unpaired) electrons. The van der Waals surface area contributed by atoms with Gasteiger partial charge in [-0.25, -0.2) is 0 Å². The van der Waals surface area contributed by atoms with Crippen molar-refractivity contribution in [2.75, 3.05) is 19.1 Å². The molecule has 150 valence electrons. The number of methoxy groups -OCH3 is 2. The smallest absolute Gasteiger partial charge is 0.270 e. The minimum Gasteiger partial charge on any atom is -0.493 e. The number of ether oxygens (including phenoxy) is 2. The van der Waals surface area contributed by atoms with Crippen LogP contribution in [-0.2, 0) is 9.59 Å². The summed E-state index contributed by atoms with van der Waals surface area (Å²) >= 11 is 5.33. The Kier molecular flexibility index (Phi) is 5.20. The maximum Gasteiger partial charge on any atom is 0.270 e. The van der Waals surface area contributed by atoms with Gasteiger partial charge in [0.25, 0.3) is 11.8 Å². The molecular formula is C23H18N2O4S. The van der Waals surface area contributed by atoms with Crippen molar-refractivity contribution in [2.24, 2.45) is 0 Å². The lowest BCUT2D eigenvalue weighted by molar-refractivity contribution is -0.122. The largest absolute Gasteiger partial charge is 0.493 e. The number of hydrogen-bond donors (Lipinski definition) is 1. The predicted octanol–water partition coefficient (Wildman–Crippen LogP) is 3.69. The average Bonchev–Trinajstić information content (AvgIpc) is 2.76. The fourth-order valence-electron chi connectivity index (χ4n) is 3.39. The van der Waals surface area contributed by atoms with E-state index in [1.54, 1.807) is 24.3 Å². The molecular weight excluding hydrogens is 400 g/mol. The van der Waals surface area contributed by atoms with E-state index in [9.17, 15) is 9.59 Å². The van der Waals surface area contributed by atoms with E-state index < -0.39 is 11.8 Å². The fourth-order valence-corrected chi connectivity index (χ4v) is 3.66. The van der Waals surface area contributed by atoms with Gasteiger partial charge < -0.3 is 9.47 Å². The highest BCUT2D eigenvalue weighted by atomic mass is 32.1. The summed E-state index contributed by atoms with van der Waals surface area (Å²) in [6, 6.07) is 18.4. The van der Waals surface area contributed by atoms with Gasteiger partial charge in [0.1, 0.15) is 5.57 Å². The molecule has 4 rings (SSSR count). The SMILES string of the molecule is COc1ccc(/C=C2/C(=O)NC(=S)N(c3cccc4ccccc34)C2=O)cc1OC. The average molecular weight is 418 g/mol. The van der Waals surface area contributed by atoms with E-state index in [1.807, 2.05) is 36.4 Å². The number of fused-ring (bicyclic) bond motifs is 1. The molecule has 3 aromatic carbocycles. The summed E-state index contributed by atoms with van der Waals surface area (Å²) in [5.41, 5.74) is 1.21. The number of carbonyl (C=O) groups is 2. The molecule has 6 nitrogen and oxygen atoms in total. The molecule has 1 heterocycles. The number of nitrogens with one attached hydrogen (secondary N) is 1. The van der Waals surface area contributed by atoms with Crippen LogP contribution in [0.15, 0.2) is 66.2 Å². The second kappa shape index (κ2) is 7.96. The van der Waals surface area contributed by atoms with Gasteiger partial charge >= 0.3 is 0 Å². The van der Waals surface area contributed by atoms with E-state index >= 15 is 0 Å². The molecule has 0 unspecified atom stereocenters. The van der Waals surface area contributed by atoms with Crippen LogP contribution in [0, 0.1) is 0 Å².